The van der Waals surface area contributed by atoms with E-state index in [-0.39, 0.29) is 18.4 Å². The molecule has 1 aliphatic carbocycles. The highest BCUT2D eigenvalue weighted by molar-refractivity contribution is 6.09. The number of hydrogen-bond acceptors (Lipinski definition) is 3. The molecular formula is C14H20N4O2. The summed E-state index contributed by atoms with van der Waals surface area (Å²) in [7, 11) is 0. The normalized spacial score (nSPS) is 22.1. The lowest BCUT2D eigenvalue weighted by atomic mass is 9.79. The highest BCUT2D eigenvalue weighted by Crippen LogP contribution is 2.33. The molecule has 0 unspecified atom stereocenters. The molecule has 2 amide bonds. The molecule has 0 atom stereocenters. The lowest BCUT2D eigenvalue weighted by molar-refractivity contribution is -0.137. The number of piperazine rings is 1. The molecule has 1 aromatic rings. The van der Waals surface area contributed by atoms with Gasteiger partial charge >= 0.3 is 0 Å². The summed E-state index contributed by atoms with van der Waals surface area (Å²) >= 11 is 0. The SMILES string of the molecule is CCn1cc(N2CC(=O)NC3(CCCCC3)C2=O)cn1. The lowest BCUT2D eigenvalue weighted by Crippen LogP contribution is -2.67. The zero-order valence-corrected chi connectivity index (χ0v) is 11.8. The van der Waals surface area contributed by atoms with Gasteiger partial charge < -0.3 is 5.32 Å². The first-order chi connectivity index (χ1) is 9.64. The summed E-state index contributed by atoms with van der Waals surface area (Å²) in [5, 5.41) is 7.14. The average molecular weight is 276 g/mol. The predicted octanol–water partition coefficient (Wildman–Crippen LogP) is 1.07. The maximum Gasteiger partial charge on any atom is 0.253 e. The van der Waals surface area contributed by atoms with Crippen LogP contribution in [0.25, 0.3) is 0 Å². The van der Waals surface area contributed by atoms with Gasteiger partial charge in [-0.25, -0.2) is 0 Å². The summed E-state index contributed by atoms with van der Waals surface area (Å²) in [5.74, 6) is -0.0526. The topological polar surface area (TPSA) is 67.2 Å². The summed E-state index contributed by atoms with van der Waals surface area (Å²) in [4.78, 5) is 26.4. The van der Waals surface area contributed by atoms with Gasteiger partial charge in [-0.15, -0.1) is 0 Å². The maximum atomic E-state index is 12.8. The Morgan fingerprint density at radius 3 is 2.70 bits per heavy atom. The quantitative estimate of drug-likeness (QED) is 0.878. The number of amides is 2. The van der Waals surface area contributed by atoms with Crippen LogP contribution in [-0.2, 0) is 16.1 Å². The second kappa shape index (κ2) is 4.92. The monoisotopic (exact) mass is 276 g/mol. The van der Waals surface area contributed by atoms with Gasteiger partial charge in [0.15, 0.2) is 0 Å². The third kappa shape index (κ3) is 2.09. The van der Waals surface area contributed by atoms with Crippen molar-refractivity contribution in [3.8, 4) is 0 Å². The van der Waals surface area contributed by atoms with E-state index in [1.165, 1.54) is 0 Å². The van der Waals surface area contributed by atoms with Crippen LogP contribution in [0, 0.1) is 0 Å². The smallest absolute Gasteiger partial charge is 0.253 e. The molecule has 20 heavy (non-hydrogen) atoms. The van der Waals surface area contributed by atoms with Crippen molar-refractivity contribution < 1.29 is 9.59 Å². The van der Waals surface area contributed by atoms with E-state index in [9.17, 15) is 9.59 Å². The number of aromatic nitrogens is 2. The Labute approximate surface area is 118 Å². The van der Waals surface area contributed by atoms with Crippen molar-refractivity contribution in [2.75, 3.05) is 11.4 Å². The predicted molar refractivity (Wildman–Crippen MR) is 74.2 cm³/mol. The molecule has 1 aromatic heterocycles. The molecule has 1 N–H and O–H groups in total. The van der Waals surface area contributed by atoms with E-state index in [1.807, 2.05) is 13.1 Å². The molecule has 6 nitrogen and oxygen atoms in total. The molecule has 3 rings (SSSR count). The molecule has 0 radical (unpaired) electrons. The first kappa shape index (κ1) is 13.1. The average Bonchev–Trinajstić information content (AvgIpc) is 2.92. The molecule has 108 valence electrons. The van der Waals surface area contributed by atoms with Crippen LogP contribution in [0.1, 0.15) is 39.0 Å². The van der Waals surface area contributed by atoms with Gasteiger partial charge in [0.1, 0.15) is 12.1 Å². The number of nitrogens with one attached hydrogen (secondary N) is 1. The van der Waals surface area contributed by atoms with Crippen molar-refractivity contribution in [2.45, 2.75) is 51.1 Å². The molecule has 2 aliphatic rings. The fourth-order valence-electron chi connectivity index (χ4n) is 3.20. The fourth-order valence-corrected chi connectivity index (χ4v) is 3.20. The summed E-state index contributed by atoms with van der Waals surface area (Å²) in [5.41, 5.74) is 0.0404. The summed E-state index contributed by atoms with van der Waals surface area (Å²) < 4.78 is 1.77. The molecule has 1 aliphatic heterocycles. The Kier molecular flexibility index (Phi) is 3.23. The summed E-state index contributed by atoms with van der Waals surface area (Å²) in [6, 6.07) is 0. The Balaban J connectivity index is 1.90. The van der Waals surface area contributed by atoms with Crippen LogP contribution in [0.15, 0.2) is 12.4 Å². The minimum atomic E-state index is -0.679. The van der Waals surface area contributed by atoms with Gasteiger partial charge in [-0.05, 0) is 19.8 Å². The minimum Gasteiger partial charge on any atom is -0.340 e. The number of carbonyl (C=O) groups excluding carboxylic acids is 2. The molecule has 2 heterocycles. The highest BCUT2D eigenvalue weighted by atomic mass is 16.2. The van der Waals surface area contributed by atoms with Crippen molar-refractivity contribution in [3.63, 3.8) is 0 Å². The van der Waals surface area contributed by atoms with E-state index >= 15 is 0 Å². The highest BCUT2D eigenvalue weighted by Gasteiger charge is 2.47. The molecule has 1 saturated carbocycles. The van der Waals surface area contributed by atoms with Crippen LogP contribution in [0.3, 0.4) is 0 Å². The van der Waals surface area contributed by atoms with Crippen molar-refractivity contribution in [3.05, 3.63) is 12.4 Å². The third-order valence-electron chi connectivity index (χ3n) is 4.30. The van der Waals surface area contributed by atoms with E-state index in [0.717, 1.165) is 44.3 Å². The second-order valence-corrected chi connectivity index (χ2v) is 5.64. The Bertz CT molecular complexity index is 531. The number of hydrogen-bond donors (Lipinski definition) is 1. The first-order valence-electron chi connectivity index (χ1n) is 7.30. The largest absolute Gasteiger partial charge is 0.340 e. The van der Waals surface area contributed by atoms with Gasteiger partial charge in [0.25, 0.3) is 5.91 Å². The third-order valence-corrected chi connectivity index (χ3v) is 4.30. The molecule has 6 heteroatoms. The molecule has 1 spiro atoms. The van der Waals surface area contributed by atoms with Gasteiger partial charge in [-0.3, -0.25) is 19.2 Å². The Hall–Kier alpha value is -1.85. The van der Waals surface area contributed by atoms with Crippen molar-refractivity contribution in [1.82, 2.24) is 15.1 Å². The van der Waals surface area contributed by atoms with E-state index in [4.69, 9.17) is 0 Å². The van der Waals surface area contributed by atoms with E-state index in [0.29, 0.717) is 0 Å². The Morgan fingerprint density at radius 2 is 2.05 bits per heavy atom. The van der Waals surface area contributed by atoms with Crippen molar-refractivity contribution in [1.29, 1.82) is 0 Å². The number of anilines is 1. The van der Waals surface area contributed by atoms with Crippen LogP contribution in [0.2, 0.25) is 0 Å². The Morgan fingerprint density at radius 1 is 1.30 bits per heavy atom. The first-order valence-corrected chi connectivity index (χ1v) is 7.30. The number of nitrogens with zero attached hydrogens (tertiary/aromatic N) is 3. The van der Waals surface area contributed by atoms with E-state index in [1.54, 1.807) is 15.8 Å². The van der Waals surface area contributed by atoms with Gasteiger partial charge in [0.2, 0.25) is 5.91 Å². The van der Waals surface area contributed by atoms with Crippen molar-refractivity contribution in [2.24, 2.45) is 0 Å². The second-order valence-electron chi connectivity index (χ2n) is 5.64. The van der Waals surface area contributed by atoms with Crippen LogP contribution in [0.5, 0.6) is 0 Å². The molecule has 1 saturated heterocycles. The van der Waals surface area contributed by atoms with Gasteiger partial charge in [-0.1, -0.05) is 19.3 Å². The standard InChI is InChI=1S/C14H20N4O2/c1-2-17-9-11(8-15-17)18-10-12(19)16-14(13(18)20)6-4-3-5-7-14/h8-9H,2-7,10H2,1H3,(H,16,19). The van der Waals surface area contributed by atoms with Crippen LogP contribution < -0.4 is 10.2 Å². The maximum absolute atomic E-state index is 12.8. The molecule has 0 bridgehead atoms. The molecule has 2 fully saturated rings. The van der Waals surface area contributed by atoms with Crippen LogP contribution in [-0.4, -0.2) is 33.7 Å². The fraction of sp³-hybridized carbons (Fsp3) is 0.643. The summed E-state index contributed by atoms with van der Waals surface area (Å²) in [6.07, 6.45) is 8.11. The lowest BCUT2D eigenvalue weighted by Gasteiger charge is -2.43. The van der Waals surface area contributed by atoms with Crippen molar-refractivity contribution >= 4 is 17.5 Å². The molecule has 0 aromatic carbocycles. The van der Waals surface area contributed by atoms with Gasteiger partial charge in [0, 0.05) is 12.7 Å². The number of rotatable bonds is 2. The zero-order chi connectivity index (χ0) is 14.2. The van der Waals surface area contributed by atoms with Gasteiger partial charge in [0.05, 0.1) is 11.9 Å². The van der Waals surface area contributed by atoms with E-state index < -0.39 is 5.54 Å². The zero-order valence-electron chi connectivity index (χ0n) is 11.8. The van der Waals surface area contributed by atoms with Crippen LogP contribution >= 0.6 is 0 Å². The number of aryl methyl sites for hydroxylation is 1. The minimum absolute atomic E-state index is 0.0208. The number of carbonyl (C=O) groups is 2. The van der Waals surface area contributed by atoms with Crippen LogP contribution in [0.4, 0.5) is 5.69 Å². The van der Waals surface area contributed by atoms with Gasteiger partial charge in [-0.2, -0.15) is 5.10 Å². The van der Waals surface area contributed by atoms with E-state index in [2.05, 4.69) is 10.4 Å². The molecular weight excluding hydrogens is 256 g/mol. The summed E-state index contributed by atoms with van der Waals surface area (Å²) in [6.45, 7) is 2.83.